The maximum Gasteiger partial charge on any atom is 0.300 e. The molecule has 8 heteroatoms. The molecule has 1 amide bonds. The highest BCUT2D eigenvalue weighted by atomic mass is 16.6. The number of pyridine rings is 1. The Labute approximate surface area is 109 Å². The zero-order valence-corrected chi connectivity index (χ0v) is 10.4. The standard InChI is InChI=1S/C11H14N4O4/c1-11(17)2-3-14(6-11)10(16)7-4-9(12)13-5-8(7)15(18)19/h4-5,17H,2-3,6H2,1H3,(H2,12,13). The number of aromatic nitrogens is 1. The Bertz CT molecular complexity index is 543. The first-order valence-corrected chi connectivity index (χ1v) is 5.72. The fourth-order valence-corrected chi connectivity index (χ4v) is 2.07. The van der Waals surface area contributed by atoms with Crippen molar-refractivity contribution in [1.29, 1.82) is 0 Å². The van der Waals surface area contributed by atoms with E-state index < -0.39 is 16.4 Å². The number of carbonyl (C=O) groups excluding carboxylic acids is 1. The molecule has 1 fully saturated rings. The van der Waals surface area contributed by atoms with Gasteiger partial charge in [0.1, 0.15) is 17.6 Å². The first kappa shape index (κ1) is 13.2. The fourth-order valence-electron chi connectivity index (χ4n) is 2.07. The van der Waals surface area contributed by atoms with E-state index in [-0.39, 0.29) is 23.6 Å². The molecule has 2 heterocycles. The van der Waals surface area contributed by atoms with Gasteiger partial charge in [-0.3, -0.25) is 14.9 Å². The van der Waals surface area contributed by atoms with Crippen molar-refractivity contribution in [2.45, 2.75) is 18.9 Å². The topological polar surface area (TPSA) is 123 Å². The number of nitro groups is 1. The number of likely N-dealkylation sites (tertiary alicyclic amines) is 1. The van der Waals surface area contributed by atoms with E-state index in [2.05, 4.69) is 4.98 Å². The molecule has 0 saturated carbocycles. The van der Waals surface area contributed by atoms with Crippen molar-refractivity contribution >= 4 is 17.4 Å². The first-order chi connectivity index (χ1) is 8.80. The summed E-state index contributed by atoms with van der Waals surface area (Å²) in [6, 6.07) is 1.19. The summed E-state index contributed by atoms with van der Waals surface area (Å²) in [7, 11) is 0. The maximum atomic E-state index is 12.2. The van der Waals surface area contributed by atoms with Gasteiger partial charge < -0.3 is 15.7 Å². The predicted molar refractivity (Wildman–Crippen MR) is 66.4 cm³/mol. The summed E-state index contributed by atoms with van der Waals surface area (Å²) in [5.41, 5.74) is 4.02. The molecule has 1 atom stereocenters. The van der Waals surface area contributed by atoms with Crippen molar-refractivity contribution in [2.24, 2.45) is 0 Å². The number of carbonyl (C=O) groups is 1. The summed E-state index contributed by atoms with van der Waals surface area (Å²) < 4.78 is 0. The lowest BCUT2D eigenvalue weighted by molar-refractivity contribution is -0.385. The van der Waals surface area contributed by atoms with Crippen LogP contribution in [0.3, 0.4) is 0 Å². The summed E-state index contributed by atoms with van der Waals surface area (Å²) in [5.74, 6) is -0.474. The van der Waals surface area contributed by atoms with Crippen LogP contribution in [0.4, 0.5) is 11.5 Å². The number of β-amino-alcohol motifs (C(OH)–C–C–N with tert-alkyl or cyclic N) is 1. The Morgan fingerprint density at radius 1 is 1.68 bits per heavy atom. The first-order valence-electron chi connectivity index (χ1n) is 5.72. The van der Waals surface area contributed by atoms with Gasteiger partial charge in [-0.2, -0.15) is 0 Å². The molecule has 0 aliphatic carbocycles. The second kappa shape index (κ2) is 4.47. The number of nitrogen functional groups attached to an aromatic ring is 1. The van der Waals surface area contributed by atoms with Crippen LogP contribution < -0.4 is 5.73 Å². The summed E-state index contributed by atoms with van der Waals surface area (Å²) in [6.07, 6.45) is 1.41. The Balaban J connectivity index is 2.34. The summed E-state index contributed by atoms with van der Waals surface area (Å²) in [5, 5.41) is 20.7. The highest BCUT2D eigenvalue weighted by molar-refractivity contribution is 5.98. The Hall–Kier alpha value is -2.22. The zero-order valence-electron chi connectivity index (χ0n) is 10.4. The number of aliphatic hydroxyl groups is 1. The minimum Gasteiger partial charge on any atom is -0.388 e. The van der Waals surface area contributed by atoms with Crippen molar-refractivity contribution in [3.63, 3.8) is 0 Å². The Morgan fingerprint density at radius 2 is 2.37 bits per heavy atom. The van der Waals surface area contributed by atoms with E-state index in [4.69, 9.17) is 5.73 Å². The van der Waals surface area contributed by atoms with E-state index in [9.17, 15) is 20.0 Å². The van der Waals surface area contributed by atoms with Crippen molar-refractivity contribution in [3.8, 4) is 0 Å². The lowest BCUT2D eigenvalue weighted by Crippen LogP contribution is -2.34. The molecule has 19 heavy (non-hydrogen) atoms. The van der Waals surface area contributed by atoms with Gasteiger partial charge in [-0.25, -0.2) is 4.98 Å². The van der Waals surface area contributed by atoms with Crippen LogP contribution in [0, 0.1) is 10.1 Å². The number of anilines is 1. The van der Waals surface area contributed by atoms with E-state index >= 15 is 0 Å². The predicted octanol–water partition coefficient (Wildman–Crippen LogP) is 0.169. The molecule has 2 rings (SSSR count). The van der Waals surface area contributed by atoms with Gasteiger partial charge >= 0.3 is 0 Å². The minimum atomic E-state index is -0.955. The molecule has 1 saturated heterocycles. The maximum absolute atomic E-state index is 12.2. The van der Waals surface area contributed by atoms with Gasteiger partial charge in [-0.05, 0) is 19.4 Å². The van der Waals surface area contributed by atoms with Gasteiger partial charge in [0.05, 0.1) is 10.5 Å². The molecule has 1 aromatic heterocycles. The van der Waals surface area contributed by atoms with Crippen molar-refractivity contribution in [3.05, 3.63) is 27.9 Å². The van der Waals surface area contributed by atoms with Crippen LogP contribution in [-0.4, -0.2) is 44.5 Å². The van der Waals surface area contributed by atoms with Crippen LogP contribution in [0.5, 0.6) is 0 Å². The van der Waals surface area contributed by atoms with Gasteiger partial charge in [0.15, 0.2) is 0 Å². The van der Waals surface area contributed by atoms with Gasteiger partial charge in [0.25, 0.3) is 11.6 Å². The third kappa shape index (κ3) is 2.63. The summed E-state index contributed by atoms with van der Waals surface area (Å²) in [4.78, 5) is 27.4. The van der Waals surface area contributed by atoms with Gasteiger partial charge in [0, 0.05) is 13.1 Å². The monoisotopic (exact) mass is 266 g/mol. The van der Waals surface area contributed by atoms with Gasteiger partial charge in [-0.1, -0.05) is 0 Å². The smallest absolute Gasteiger partial charge is 0.300 e. The van der Waals surface area contributed by atoms with E-state index in [0.29, 0.717) is 13.0 Å². The van der Waals surface area contributed by atoms with Crippen molar-refractivity contribution < 1.29 is 14.8 Å². The van der Waals surface area contributed by atoms with Crippen LogP contribution in [-0.2, 0) is 0 Å². The highest BCUT2D eigenvalue weighted by Crippen LogP contribution is 2.26. The van der Waals surface area contributed by atoms with E-state index in [1.165, 1.54) is 11.0 Å². The fraction of sp³-hybridized carbons (Fsp3) is 0.455. The van der Waals surface area contributed by atoms with E-state index in [1.54, 1.807) is 6.92 Å². The van der Waals surface area contributed by atoms with E-state index in [1.807, 2.05) is 0 Å². The zero-order chi connectivity index (χ0) is 14.2. The molecule has 1 aromatic rings. The molecule has 8 nitrogen and oxygen atoms in total. The van der Waals surface area contributed by atoms with Crippen LogP contribution >= 0.6 is 0 Å². The molecule has 0 bridgehead atoms. The summed E-state index contributed by atoms with van der Waals surface area (Å²) >= 11 is 0. The number of amides is 1. The molecular weight excluding hydrogens is 252 g/mol. The average Bonchev–Trinajstić information content (AvgIpc) is 2.68. The second-order valence-corrected chi connectivity index (χ2v) is 4.86. The van der Waals surface area contributed by atoms with Crippen LogP contribution in [0.15, 0.2) is 12.3 Å². The Kier molecular flexibility index (Phi) is 3.11. The van der Waals surface area contributed by atoms with Crippen LogP contribution in [0.2, 0.25) is 0 Å². The molecule has 1 unspecified atom stereocenters. The number of rotatable bonds is 2. The number of hydrogen-bond donors (Lipinski definition) is 2. The normalized spacial score (nSPS) is 22.5. The minimum absolute atomic E-state index is 0.0416. The molecule has 3 N–H and O–H groups in total. The van der Waals surface area contributed by atoms with Gasteiger partial charge in [0.2, 0.25) is 0 Å². The number of hydrogen-bond acceptors (Lipinski definition) is 6. The number of nitrogens with zero attached hydrogens (tertiary/aromatic N) is 3. The van der Waals surface area contributed by atoms with Crippen molar-refractivity contribution in [1.82, 2.24) is 9.88 Å². The molecule has 102 valence electrons. The number of nitrogens with two attached hydrogens (primary N) is 1. The van der Waals surface area contributed by atoms with Crippen LogP contribution in [0.25, 0.3) is 0 Å². The average molecular weight is 266 g/mol. The summed E-state index contributed by atoms with van der Waals surface area (Å²) in [6.45, 7) is 2.12. The molecule has 0 spiro atoms. The SMILES string of the molecule is CC1(O)CCN(C(=O)c2cc(N)ncc2[N+](=O)[O-])C1. The molecule has 1 aliphatic rings. The molecule has 1 aliphatic heterocycles. The third-order valence-corrected chi connectivity index (χ3v) is 3.07. The third-order valence-electron chi connectivity index (χ3n) is 3.07. The van der Waals surface area contributed by atoms with Gasteiger partial charge in [-0.15, -0.1) is 0 Å². The molecule has 0 aromatic carbocycles. The lowest BCUT2D eigenvalue weighted by Gasteiger charge is -2.19. The van der Waals surface area contributed by atoms with Crippen molar-refractivity contribution in [2.75, 3.05) is 18.8 Å². The Morgan fingerprint density at radius 3 is 2.89 bits per heavy atom. The quantitative estimate of drug-likeness (QED) is 0.581. The molecule has 0 radical (unpaired) electrons. The van der Waals surface area contributed by atoms with Crippen LogP contribution in [0.1, 0.15) is 23.7 Å². The largest absolute Gasteiger partial charge is 0.388 e. The van der Waals surface area contributed by atoms with E-state index in [0.717, 1.165) is 6.20 Å². The molecular formula is C11H14N4O4. The second-order valence-electron chi connectivity index (χ2n) is 4.86. The lowest BCUT2D eigenvalue weighted by atomic mass is 10.1. The highest BCUT2D eigenvalue weighted by Gasteiger charge is 2.36.